The van der Waals surface area contributed by atoms with Gasteiger partial charge in [0.15, 0.2) is 0 Å². The van der Waals surface area contributed by atoms with E-state index >= 15 is 0 Å². The summed E-state index contributed by atoms with van der Waals surface area (Å²) >= 11 is 5.68. The van der Waals surface area contributed by atoms with Crippen LogP contribution in [0.25, 0.3) is 0 Å². The van der Waals surface area contributed by atoms with Gasteiger partial charge >= 0.3 is 6.01 Å². The highest BCUT2D eigenvalue weighted by Crippen LogP contribution is 2.26. The fraction of sp³-hybridized carbons (Fsp3) is 0.636. The zero-order valence-corrected chi connectivity index (χ0v) is 9.73. The Labute approximate surface area is 99.6 Å². The van der Waals surface area contributed by atoms with Crippen molar-refractivity contribution < 1.29 is 9.84 Å². The summed E-state index contributed by atoms with van der Waals surface area (Å²) in [6.07, 6.45) is 7.16. The molecule has 1 heterocycles. The number of hydrogen-bond donors (Lipinski definition) is 1. The first-order chi connectivity index (χ1) is 7.78. The van der Waals surface area contributed by atoms with Crippen LogP contribution >= 0.6 is 11.6 Å². The standard InChI is InChI=1S/C11H15ClN2O2/c12-9-5-13-11(14-6-9)16-10-3-1-8(7-15)2-4-10/h5-6,8,10,15H,1-4,7H2. The monoisotopic (exact) mass is 242 g/mol. The summed E-state index contributed by atoms with van der Waals surface area (Å²) in [5.41, 5.74) is 0. The molecule has 4 nitrogen and oxygen atoms in total. The fourth-order valence-corrected chi connectivity index (χ4v) is 2.04. The van der Waals surface area contributed by atoms with Crippen molar-refractivity contribution in [2.45, 2.75) is 31.8 Å². The van der Waals surface area contributed by atoms with Gasteiger partial charge in [-0.3, -0.25) is 0 Å². The van der Waals surface area contributed by atoms with Gasteiger partial charge in [0.05, 0.1) is 17.4 Å². The summed E-state index contributed by atoms with van der Waals surface area (Å²) in [6.45, 7) is 0.282. The van der Waals surface area contributed by atoms with Crippen molar-refractivity contribution in [3.05, 3.63) is 17.4 Å². The van der Waals surface area contributed by atoms with Crippen molar-refractivity contribution in [1.29, 1.82) is 0 Å². The van der Waals surface area contributed by atoms with Crippen molar-refractivity contribution in [2.75, 3.05) is 6.61 Å². The van der Waals surface area contributed by atoms with Gasteiger partial charge in [0.2, 0.25) is 0 Å². The van der Waals surface area contributed by atoms with Crippen LogP contribution in [0.2, 0.25) is 5.02 Å². The van der Waals surface area contributed by atoms with Crippen LogP contribution in [-0.4, -0.2) is 27.8 Å². The minimum Gasteiger partial charge on any atom is -0.460 e. The molecule has 0 unspecified atom stereocenters. The van der Waals surface area contributed by atoms with Gasteiger partial charge < -0.3 is 9.84 Å². The summed E-state index contributed by atoms with van der Waals surface area (Å²) in [7, 11) is 0. The summed E-state index contributed by atoms with van der Waals surface area (Å²) in [5.74, 6) is 0.436. The van der Waals surface area contributed by atoms with Gasteiger partial charge in [-0.15, -0.1) is 0 Å². The number of rotatable bonds is 3. The molecule has 2 rings (SSSR count). The third kappa shape index (κ3) is 3.06. The van der Waals surface area contributed by atoms with Gasteiger partial charge in [0, 0.05) is 6.61 Å². The first-order valence-corrected chi connectivity index (χ1v) is 5.91. The first-order valence-electron chi connectivity index (χ1n) is 5.53. The lowest BCUT2D eigenvalue weighted by atomic mass is 9.88. The molecule has 5 heteroatoms. The molecule has 1 aromatic heterocycles. The molecule has 0 aliphatic heterocycles. The van der Waals surface area contributed by atoms with Crippen molar-refractivity contribution in [3.63, 3.8) is 0 Å². The Morgan fingerprint density at radius 1 is 1.25 bits per heavy atom. The Hall–Kier alpha value is -0.870. The van der Waals surface area contributed by atoms with E-state index in [1.807, 2.05) is 0 Å². The highest BCUT2D eigenvalue weighted by molar-refractivity contribution is 6.30. The van der Waals surface area contributed by atoms with E-state index in [4.69, 9.17) is 21.4 Å². The van der Waals surface area contributed by atoms with Gasteiger partial charge in [-0.2, -0.15) is 0 Å². The Morgan fingerprint density at radius 2 is 1.88 bits per heavy atom. The van der Waals surface area contributed by atoms with E-state index in [1.165, 1.54) is 12.4 Å². The highest BCUT2D eigenvalue weighted by atomic mass is 35.5. The number of halogens is 1. The van der Waals surface area contributed by atoms with Crippen LogP contribution < -0.4 is 4.74 Å². The average molecular weight is 243 g/mol. The van der Waals surface area contributed by atoms with Gasteiger partial charge in [-0.05, 0) is 31.6 Å². The van der Waals surface area contributed by atoms with Crippen molar-refractivity contribution in [3.8, 4) is 6.01 Å². The minimum atomic E-state index is 0.170. The molecule has 1 aliphatic carbocycles. The van der Waals surface area contributed by atoms with Crippen molar-refractivity contribution in [2.24, 2.45) is 5.92 Å². The van der Waals surface area contributed by atoms with Crippen molar-refractivity contribution >= 4 is 11.6 Å². The Bertz CT molecular complexity index is 323. The van der Waals surface area contributed by atoms with Gasteiger partial charge in [-0.25, -0.2) is 9.97 Å². The Balaban J connectivity index is 1.84. The molecule has 0 atom stereocenters. The SMILES string of the molecule is OCC1CCC(Oc2ncc(Cl)cn2)CC1. The number of nitrogens with zero attached hydrogens (tertiary/aromatic N) is 2. The molecule has 0 amide bonds. The number of aliphatic hydroxyl groups excluding tert-OH is 1. The van der Waals surface area contributed by atoms with Crippen LogP contribution in [-0.2, 0) is 0 Å². The lowest BCUT2D eigenvalue weighted by molar-refractivity contribution is 0.0966. The Kier molecular flexibility index (Phi) is 3.96. The maximum absolute atomic E-state index is 9.02. The second kappa shape index (κ2) is 5.46. The Morgan fingerprint density at radius 3 is 2.44 bits per heavy atom. The number of aromatic nitrogens is 2. The molecule has 16 heavy (non-hydrogen) atoms. The lowest BCUT2D eigenvalue weighted by Gasteiger charge is -2.26. The van der Waals surface area contributed by atoms with E-state index < -0.39 is 0 Å². The average Bonchev–Trinajstić information content (AvgIpc) is 2.33. The van der Waals surface area contributed by atoms with E-state index in [1.54, 1.807) is 0 Å². The summed E-state index contributed by atoms with van der Waals surface area (Å²) in [6, 6.07) is 0.386. The molecule has 0 spiro atoms. The molecule has 0 saturated heterocycles. The third-order valence-electron chi connectivity index (χ3n) is 2.92. The normalized spacial score (nSPS) is 25.4. The van der Waals surface area contributed by atoms with E-state index in [-0.39, 0.29) is 12.7 Å². The lowest BCUT2D eigenvalue weighted by Crippen LogP contribution is -2.26. The fourth-order valence-electron chi connectivity index (χ4n) is 1.94. The largest absolute Gasteiger partial charge is 0.460 e. The molecule has 0 radical (unpaired) electrons. The van der Waals surface area contributed by atoms with E-state index in [0.29, 0.717) is 17.0 Å². The highest BCUT2D eigenvalue weighted by Gasteiger charge is 2.22. The van der Waals surface area contributed by atoms with E-state index in [2.05, 4.69) is 9.97 Å². The van der Waals surface area contributed by atoms with Gasteiger partial charge in [-0.1, -0.05) is 11.6 Å². The first kappa shape index (κ1) is 11.6. The zero-order valence-electron chi connectivity index (χ0n) is 8.97. The van der Waals surface area contributed by atoms with Crippen LogP contribution in [0.3, 0.4) is 0 Å². The smallest absolute Gasteiger partial charge is 0.316 e. The topological polar surface area (TPSA) is 55.2 Å². The molecule has 0 aromatic carbocycles. The van der Waals surface area contributed by atoms with E-state index in [9.17, 15) is 0 Å². The van der Waals surface area contributed by atoms with Crippen LogP contribution in [0, 0.1) is 5.92 Å². The molecule has 0 bridgehead atoms. The summed E-state index contributed by atoms with van der Waals surface area (Å²) < 4.78 is 5.64. The second-order valence-corrected chi connectivity index (χ2v) is 4.56. The molecule has 1 aromatic rings. The molecular weight excluding hydrogens is 228 g/mol. The number of hydrogen-bond acceptors (Lipinski definition) is 4. The zero-order chi connectivity index (χ0) is 11.4. The van der Waals surface area contributed by atoms with Crippen LogP contribution in [0.15, 0.2) is 12.4 Å². The molecule has 1 aliphatic rings. The molecule has 88 valence electrons. The number of ether oxygens (including phenoxy) is 1. The summed E-state index contributed by atoms with van der Waals surface area (Å²) in [4.78, 5) is 7.99. The predicted octanol–water partition coefficient (Wildman–Crippen LogP) is 2.06. The predicted molar refractivity (Wildman–Crippen MR) is 60.5 cm³/mol. The molecule has 1 fully saturated rings. The van der Waals surface area contributed by atoms with Gasteiger partial charge in [0.25, 0.3) is 0 Å². The molecular formula is C11H15ClN2O2. The maximum atomic E-state index is 9.02. The maximum Gasteiger partial charge on any atom is 0.316 e. The molecule has 1 saturated carbocycles. The van der Waals surface area contributed by atoms with E-state index in [0.717, 1.165) is 25.7 Å². The minimum absolute atomic E-state index is 0.170. The van der Waals surface area contributed by atoms with Crippen molar-refractivity contribution in [1.82, 2.24) is 9.97 Å². The van der Waals surface area contributed by atoms with Crippen LogP contribution in [0.5, 0.6) is 6.01 Å². The summed E-state index contributed by atoms with van der Waals surface area (Å²) in [5, 5.41) is 9.53. The van der Waals surface area contributed by atoms with Crippen LogP contribution in [0.1, 0.15) is 25.7 Å². The third-order valence-corrected chi connectivity index (χ3v) is 3.12. The molecule has 1 N–H and O–H groups in total. The van der Waals surface area contributed by atoms with Crippen LogP contribution in [0.4, 0.5) is 0 Å². The quantitative estimate of drug-likeness (QED) is 0.882. The number of aliphatic hydroxyl groups is 1. The second-order valence-electron chi connectivity index (χ2n) is 4.13. The van der Waals surface area contributed by atoms with Gasteiger partial charge in [0.1, 0.15) is 6.10 Å².